The summed E-state index contributed by atoms with van der Waals surface area (Å²) in [7, 11) is 1.61. The summed E-state index contributed by atoms with van der Waals surface area (Å²) >= 11 is 0. The molecule has 0 spiro atoms. The first-order valence-electron chi connectivity index (χ1n) is 14.4. The van der Waals surface area contributed by atoms with Crippen LogP contribution in [0, 0.1) is 0 Å². The van der Waals surface area contributed by atoms with Crippen LogP contribution in [0.25, 0.3) is 0 Å². The Kier molecular flexibility index (Phi) is 13.4. The van der Waals surface area contributed by atoms with Crippen LogP contribution in [0.1, 0.15) is 36.6 Å². The van der Waals surface area contributed by atoms with Crippen molar-refractivity contribution in [2.24, 2.45) is 5.73 Å². The molecule has 0 saturated carbocycles. The zero-order chi connectivity index (χ0) is 32.2. The molecule has 1 atom stereocenters. The molecular formula is C31H42F4N2O7. The van der Waals surface area contributed by atoms with E-state index in [1.165, 1.54) is 41.3 Å². The van der Waals surface area contributed by atoms with Crippen molar-refractivity contribution in [1.82, 2.24) is 4.90 Å². The Morgan fingerprint density at radius 1 is 0.886 bits per heavy atom. The van der Waals surface area contributed by atoms with E-state index in [-0.39, 0.29) is 24.7 Å². The van der Waals surface area contributed by atoms with Gasteiger partial charge < -0.3 is 39.1 Å². The van der Waals surface area contributed by atoms with Gasteiger partial charge in [-0.25, -0.2) is 0 Å². The number of carbonyl (C=O) groups excluding carboxylic acids is 1. The largest absolute Gasteiger partial charge is 0.467 e. The van der Waals surface area contributed by atoms with Crippen molar-refractivity contribution in [2.45, 2.75) is 44.0 Å². The Morgan fingerprint density at radius 2 is 1.45 bits per heavy atom. The molecule has 9 nitrogen and oxygen atoms in total. The fourth-order valence-corrected chi connectivity index (χ4v) is 4.49. The molecule has 0 fully saturated rings. The molecule has 1 heterocycles. The van der Waals surface area contributed by atoms with Crippen molar-refractivity contribution in [3.05, 3.63) is 65.2 Å². The van der Waals surface area contributed by atoms with Crippen molar-refractivity contribution in [3.63, 3.8) is 0 Å². The first-order chi connectivity index (χ1) is 20.9. The number of ether oxygens (including phenoxy) is 6. The van der Waals surface area contributed by atoms with Gasteiger partial charge in [-0.3, -0.25) is 4.79 Å². The number of fused-ring (bicyclic) bond motifs is 1. The van der Waals surface area contributed by atoms with Crippen LogP contribution in [-0.4, -0.2) is 95.8 Å². The van der Waals surface area contributed by atoms with Gasteiger partial charge >= 0.3 is 12.0 Å². The average molecular weight is 631 g/mol. The highest BCUT2D eigenvalue weighted by molar-refractivity contribution is 5.77. The number of benzene rings is 2. The molecule has 44 heavy (non-hydrogen) atoms. The second kappa shape index (κ2) is 16.5. The molecule has 1 aliphatic heterocycles. The molecule has 1 unspecified atom stereocenters. The van der Waals surface area contributed by atoms with E-state index in [4.69, 9.17) is 29.4 Å². The van der Waals surface area contributed by atoms with Crippen LogP contribution >= 0.6 is 0 Å². The Morgan fingerprint density at radius 3 is 2.07 bits per heavy atom. The number of halogens is 4. The highest BCUT2D eigenvalue weighted by Gasteiger charge is 2.67. The Labute approximate surface area is 255 Å². The molecule has 0 saturated heterocycles. The van der Waals surface area contributed by atoms with Crippen LogP contribution in [0.3, 0.4) is 0 Å². The Hall–Kier alpha value is -2.81. The monoisotopic (exact) mass is 630 g/mol. The quantitative estimate of drug-likeness (QED) is 0.171. The smallest absolute Gasteiger partial charge is 0.428 e. The summed E-state index contributed by atoms with van der Waals surface area (Å²) in [5.41, 5.74) is 5.28. The van der Waals surface area contributed by atoms with Crippen molar-refractivity contribution in [2.75, 3.05) is 73.0 Å². The highest BCUT2D eigenvalue weighted by atomic mass is 19.3. The molecule has 0 aliphatic carbocycles. The maximum absolute atomic E-state index is 15.2. The lowest BCUT2D eigenvalue weighted by atomic mass is 9.93. The van der Waals surface area contributed by atoms with E-state index in [1.807, 2.05) is 0 Å². The second-order valence-corrected chi connectivity index (χ2v) is 10.7. The Balaban J connectivity index is 1.36. The molecule has 1 aliphatic rings. The first kappa shape index (κ1) is 35.7. The summed E-state index contributed by atoms with van der Waals surface area (Å²) in [5.74, 6) is -5.32. The molecule has 1 amide bonds. The van der Waals surface area contributed by atoms with E-state index < -0.39 is 29.5 Å². The molecule has 2 aromatic carbocycles. The van der Waals surface area contributed by atoms with E-state index in [1.54, 1.807) is 33.0 Å². The number of nitrogens with two attached hydrogens (primary N) is 1. The molecular weight excluding hydrogens is 588 g/mol. The van der Waals surface area contributed by atoms with Crippen LogP contribution < -0.4 is 10.5 Å². The summed E-state index contributed by atoms with van der Waals surface area (Å²) in [6, 6.07) is 11.4. The summed E-state index contributed by atoms with van der Waals surface area (Å²) in [6.07, 6.45) is -6.63. The van der Waals surface area contributed by atoms with E-state index >= 15 is 8.78 Å². The van der Waals surface area contributed by atoms with Gasteiger partial charge in [-0.1, -0.05) is 36.4 Å². The molecule has 2 aromatic rings. The second-order valence-electron chi connectivity index (χ2n) is 10.7. The van der Waals surface area contributed by atoms with Crippen molar-refractivity contribution >= 4 is 5.91 Å². The maximum Gasteiger partial charge on any atom is 0.467 e. The lowest BCUT2D eigenvalue weighted by Crippen LogP contribution is -2.49. The number of rotatable bonds is 20. The minimum Gasteiger partial charge on any atom is -0.428 e. The maximum atomic E-state index is 15.2. The third-order valence-corrected chi connectivity index (χ3v) is 6.96. The van der Waals surface area contributed by atoms with Gasteiger partial charge in [0.25, 0.3) is 0 Å². The molecule has 246 valence electrons. The van der Waals surface area contributed by atoms with E-state index in [0.29, 0.717) is 70.3 Å². The topological polar surface area (TPSA) is 102 Å². The number of hydrogen-bond donors (Lipinski definition) is 1. The van der Waals surface area contributed by atoms with Crippen LogP contribution in [0.2, 0.25) is 0 Å². The molecule has 2 N–H and O–H groups in total. The number of amides is 1. The minimum atomic E-state index is -4.85. The van der Waals surface area contributed by atoms with Crippen LogP contribution in [0.5, 0.6) is 5.75 Å². The van der Waals surface area contributed by atoms with Crippen LogP contribution in [-0.2, 0) is 40.5 Å². The molecule has 0 bridgehead atoms. The van der Waals surface area contributed by atoms with Gasteiger partial charge in [0, 0.05) is 20.1 Å². The predicted octanol–water partition coefficient (Wildman–Crippen LogP) is 4.33. The number of alkyl halides is 4. The van der Waals surface area contributed by atoms with E-state index in [0.717, 1.165) is 0 Å². The lowest BCUT2D eigenvalue weighted by molar-refractivity contribution is -0.347. The predicted molar refractivity (Wildman–Crippen MR) is 154 cm³/mol. The van der Waals surface area contributed by atoms with Gasteiger partial charge in [-0.05, 0) is 49.1 Å². The van der Waals surface area contributed by atoms with Gasteiger partial charge in [0.05, 0.1) is 51.8 Å². The summed E-state index contributed by atoms with van der Waals surface area (Å²) < 4.78 is 91.2. The summed E-state index contributed by atoms with van der Waals surface area (Å²) in [5, 5.41) is 0. The van der Waals surface area contributed by atoms with E-state index in [9.17, 15) is 13.6 Å². The van der Waals surface area contributed by atoms with Gasteiger partial charge in [0.15, 0.2) is 6.10 Å². The van der Waals surface area contributed by atoms with Crippen molar-refractivity contribution < 1.29 is 50.8 Å². The van der Waals surface area contributed by atoms with Crippen molar-refractivity contribution in [1.29, 1.82) is 0 Å². The summed E-state index contributed by atoms with van der Waals surface area (Å²) in [4.78, 5) is 13.8. The first-order valence-corrected chi connectivity index (χ1v) is 14.4. The Bertz CT molecular complexity index is 1170. The number of carbonyl (C=O) groups is 1. The SMILES string of the molecule is CN(CCc1ccc(OC(F)(F)C(F)(F)C2OC(C)(C)c3ccccc32)cc1)C(=O)COCCOCCOCCOCCN. The average Bonchev–Trinajstić information content (AvgIpc) is 3.28. The zero-order valence-corrected chi connectivity index (χ0v) is 25.4. The molecule has 3 rings (SSSR count). The standard InChI is InChI=1S/C31H42F4N2O7/c1-29(2)26-7-5-4-6-25(26)28(44-29)30(32,33)31(34,35)43-24-10-8-23(9-11-24)12-14-37(3)27(38)22-42-21-20-41-19-18-40-17-16-39-15-13-36/h4-11,28H,12-22,36H2,1-3H3. The number of likely N-dealkylation sites (N-methyl/N-ethyl adjacent to an activating group) is 1. The minimum absolute atomic E-state index is 0.000662. The van der Waals surface area contributed by atoms with Gasteiger partial charge in [0.2, 0.25) is 5.91 Å². The van der Waals surface area contributed by atoms with Crippen LogP contribution in [0.4, 0.5) is 17.6 Å². The van der Waals surface area contributed by atoms with Gasteiger partial charge in [-0.15, -0.1) is 0 Å². The number of hydrogen-bond acceptors (Lipinski definition) is 8. The van der Waals surface area contributed by atoms with Crippen LogP contribution in [0.15, 0.2) is 48.5 Å². The molecule has 13 heteroatoms. The number of nitrogens with zero attached hydrogens (tertiary/aromatic N) is 1. The van der Waals surface area contributed by atoms with Crippen molar-refractivity contribution in [3.8, 4) is 5.75 Å². The fourth-order valence-electron chi connectivity index (χ4n) is 4.49. The lowest BCUT2D eigenvalue weighted by Gasteiger charge is -2.32. The zero-order valence-electron chi connectivity index (χ0n) is 25.4. The highest BCUT2D eigenvalue weighted by Crippen LogP contribution is 2.54. The molecule has 0 radical (unpaired) electrons. The fraction of sp³-hybridized carbons (Fsp3) is 0.581. The normalized spacial score (nSPS) is 16.1. The summed E-state index contributed by atoms with van der Waals surface area (Å²) in [6.45, 7) is 6.55. The van der Waals surface area contributed by atoms with E-state index in [2.05, 4.69) is 4.74 Å². The molecule has 0 aromatic heterocycles. The third-order valence-electron chi connectivity index (χ3n) is 6.96. The third kappa shape index (κ3) is 9.85. The van der Waals surface area contributed by atoms with Gasteiger partial charge in [-0.2, -0.15) is 17.6 Å². The van der Waals surface area contributed by atoms with Gasteiger partial charge in [0.1, 0.15) is 12.4 Å².